The molecule has 2 aromatic heterocycles. The van der Waals surface area contributed by atoms with Crippen LogP contribution in [0.25, 0.3) is 10.6 Å². The maximum atomic E-state index is 14.0. The molecule has 1 aliphatic heterocycles. The summed E-state index contributed by atoms with van der Waals surface area (Å²) in [5.41, 5.74) is 6.44. The number of ketones is 1. The van der Waals surface area contributed by atoms with Crippen molar-refractivity contribution in [3.8, 4) is 10.6 Å². The number of anilines is 1. The van der Waals surface area contributed by atoms with Gasteiger partial charge in [0.2, 0.25) is 0 Å². The van der Waals surface area contributed by atoms with Gasteiger partial charge in [-0.25, -0.2) is 13.8 Å². The Morgan fingerprint density at radius 3 is 2.61 bits per heavy atom. The van der Waals surface area contributed by atoms with E-state index in [4.69, 9.17) is 5.73 Å². The number of aromatic nitrogens is 2. The summed E-state index contributed by atoms with van der Waals surface area (Å²) >= 11 is 0.926. The van der Waals surface area contributed by atoms with Gasteiger partial charge < -0.3 is 10.6 Å². The van der Waals surface area contributed by atoms with Gasteiger partial charge in [-0.15, -0.1) is 11.3 Å². The molecule has 0 aliphatic carbocycles. The quantitative estimate of drug-likeness (QED) is 0.424. The molecule has 1 aliphatic rings. The molecule has 2 atom stereocenters. The minimum absolute atomic E-state index is 0.0102. The van der Waals surface area contributed by atoms with Gasteiger partial charge in [0.1, 0.15) is 22.3 Å². The van der Waals surface area contributed by atoms with Gasteiger partial charge in [0.15, 0.2) is 5.78 Å². The van der Waals surface area contributed by atoms with Crippen LogP contribution in [-0.2, 0) is 6.42 Å². The average molecular weight is 482 g/mol. The molecule has 2 N–H and O–H groups in total. The minimum Gasteiger partial charge on any atom is -0.369 e. The summed E-state index contributed by atoms with van der Waals surface area (Å²) in [4.78, 5) is 22.5. The van der Waals surface area contributed by atoms with Gasteiger partial charge in [0.05, 0.1) is 11.5 Å². The first kappa shape index (κ1) is 23.2. The summed E-state index contributed by atoms with van der Waals surface area (Å²) in [6, 6.07) is 4.31. The molecule has 3 heterocycles. The molecule has 0 bridgehead atoms. The van der Waals surface area contributed by atoms with Crippen LogP contribution in [0.15, 0.2) is 42.0 Å². The van der Waals surface area contributed by atoms with E-state index in [1.54, 1.807) is 6.07 Å². The van der Waals surface area contributed by atoms with Crippen LogP contribution in [0.2, 0.25) is 0 Å². The summed E-state index contributed by atoms with van der Waals surface area (Å²) in [5.74, 6) is -3.61. The van der Waals surface area contributed by atoms with Gasteiger partial charge in [-0.1, -0.05) is 6.07 Å². The van der Waals surface area contributed by atoms with Gasteiger partial charge >= 0.3 is 6.18 Å². The Hall–Kier alpha value is -2.92. The first-order valence-corrected chi connectivity index (χ1v) is 10.9. The van der Waals surface area contributed by atoms with Crippen LogP contribution < -0.4 is 10.6 Å². The van der Waals surface area contributed by atoms with Crippen molar-refractivity contribution in [2.75, 3.05) is 18.0 Å². The van der Waals surface area contributed by atoms with Crippen molar-refractivity contribution < 1.29 is 26.7 Å². The lowest BCUT2D eigenvalue weighted by molar-refractivity contribution is -0.177. The second-order valence-corrected chi connectivity index (χ2v) is 8.74. The number of piperidine rings is 1. The first-order chi connectivity index (χ1) is 15.6. The topological polar surface area (TPSA) is 72.1 Å². The molecular weight excluding hydrogens is 463 g/mol. The third-order valence-corrected chi connectivity index (χ3v) is 6.34. The number of benzene rings is 1. The highest BCUT2D eigenvalue weighted by Gasteiger charge is 2.44. The maximum absolute atomic E-state index is 14.0. The number of carbonyl (C=O) groups excluding carboxylic acids is 1. The third-order valence-electron chi connectivity index (χ3n) is 5.48. The van der Waals surface area contributed by atoms with E-state index >= 15 is 0 Å². The molecule has 2 unspecified atom stereocenters. The SMILES string of the molecule is NC1CC(C(F)(F)F)CN(c2ccncc2CC(=O)c2csc(-c3c(F)cccc3F)n2)C1. The van der Waals surface area contributed by atoms with E-state index in [0.29, 0.717) is 11.3 Å². The number of Topliss-reactive ketones (excluding diaryl/α,β-unsaturated/α-hetero) is 1. The van der Waals surface area contributed by atoms with E-state index in [1.165, 1.54) is 28.7 Å². The van der Waals surface area contributed by atoms with Crippen LogP contribution >= 0.6 is 11.3 Å². The average Bonchev–Trinajstić information content (AvgIpc) is 3.23. The van der Waals surface area contributed by atoms with Gasteiger partial charge in [-0.05, 0) is 24.6 Å². The highest BCUT2D eigenvalue weighted by atomic mass is 32.1. The molecule has 5 nitrogen and oxygen atoms in total. The summed E-state index contributed by atoms with van der Waals surface area (Å²) < 4.78 is 68.1. The van der Waals surface area contributed by atoms with Crippen molar-refractivity contribution in [1.82, 2.24) is 9.97 Å². The summed E-state index contributed by atoms with van der Waals surface area (Å²) in [7, 11) is 0. The lowest BCUT2D eigenvalue weighted by atomic mass is 9.93. The fourth-order valence-corrected chi connectivity index (χ4v) is 4.79. The Balaban J connectivity index is 1.56. The van der Waals surface area contributed by atoms with Gasteiger partial charge in [-0.3, -0.25) is 9.78 Å². The molecule has 0 radical (unpaired) electrons. The lowest BCUT2D eigenvalue weighted by Gasteiger charge is -2.39. The standard InChI is InChI=1S/C22H19F5N4OS/c23-15-2-1-3-16(24)20(15)21-30-17(11-33-21)19(32)6-12-8-29-5-4-18(12)31-9-13(22(25,26)27)7-14(28)10-31/h1-5,8,11,13-14H,6-7,9-10,28H2. The zero-order valence-corrected chi connectivity index (χ0v) is 18.0. The minimum atomic E-state index is -4.38. The van der Waals surface area contributed by atoms with Crippen molar-refractivity contribution >= 4 is 22.8 Å². The predicted octanol–water partition coefficient (Wildman–Crippen LogP) is 4.62. The van der Waals surface area contributed by atoms with E-state index in [0.717, 1.165) is 23.5 Å². The van der Waals surface area contributed by atoms with Crippen molar-refractivity contribution in [2.45, 2.75) is 25.1 Å². The molecule has 1 aromatic carbocycles. The Morgan fingerprint density at radius 1 is 1.18 bits per heavy atom. The van der Waals surface area contributed by atoms with Crippen LogP contribution in [0.5, 0.6) is 0 Å². The zero-order chi connectivity index (χ0) is 23.8. The summed E-state index contributed by atoms with van der Waals surface area (Å²) in [6.07, 6.45) is -1.87. The van der Waals surface area contributed by atoms with Crippen molar-refractivity contribution in [1.29, 1.82) is 0 Å². The van der Waals surface area contributed by atoms with Crippen LogP contribution in [0.4, 0.5) is 27.6 Å². The zero-order valence-electron chi connectivity index (χ0n) is 17.1. The number of thiazole rings is 1. The highest BCUT2D eigenvalue weighted by Crippen LogP contribution is 2.36. The molecular formula is C22H19F5N4OS. The predicted molar refractivity (Wildman–Crippen MR) is 114 cm³/mol. The monoisotopic (exact) mass is 482 g/mol. The smallest absolute Gasteiger partial charge is 0.369 e. The second kappa shape index (κ2) is 9.14. The van der Waals surface area contributed by atoms with Gasteiger partial charge in [0.25, 0.3) is 0 Å². The van der Waals surface area contributed by atoms with Crippen LogP contribution in [-0.4, -0.2) is 41.1 Å². The Bertz CT molecular complexity index is 1150. The largest absolute Gasteiger partial charge is 0.393 e. The Kier molecular flexibility index (Phi) is 6.44. The van der Waals surface area contributed by atoms with Gasteiger partial charge in [0, 0.05) is 54.6 Å². The summed E-state index contributed by atoms with van der Waals surface area (Å²) in [5, 5.41) is 1.42. The maximum Gasteiger partial charge on any atom is 0.393 e. The third kappa shape index (κ3) is 5.03. The molecule has 0 amide bonds. The number of nitrogens with two attached hydrogens (primary N) is 1. The Labute approximate surface area is 190 Å². The molecule has 0 saturated carbocycles. The molecule has 1 saturated heterocycles. The number of halogens is 5. The number of hydrogen-bond acceptors (Lipinski definition) is 6. The van der Waals surface area contributed by atoms with E-state index in [-0.39, 0.29) is 42.2 Å². The molecule has 3 aromatic rings. The molecule has 1 fully saturated rings. The van der Waals surface area contributed by atoms with E-state index < -0.39 is 35.6 Å². The van der Waals surface area contributed by atoms with Gasteiger partial charge in [-0.2, -0.15) is 13.2 Å². The van der Waals surface area contributed by atoms with Crippen molar-refractivity contribution in [3.63, 3.8) is 0 Å². The second-order valence-electron chi connectivity index (χ2n) is 7.88. The molecule has 4 rings (SSSR count). The number of alkyl halides is 3. The van der Waals surface area contributed by atoms with Crippen LogP contribution in [0, 0.1) is 17.6 Å². The molecule has 33 heavy (non-hydrogen) atoms. The number of nitrogens with zero attached hydrogens (tertiary/aromatic N) is 3. The fourth-order valence-electron chi connectivity index (χ4n) is 3.92. The number of pyridine rings is 1. The fraction of sp³-hybridized carbons (Fsp3) is 0.318. The number of hydrogen-bond donors (Lipinski definition) is 1. The highest BCUT2D eigenvalue weighted by molar-refractivity contribution is 7.13. The number of carbonyl (C=O) groups is 1. The van der Waals surface area contributed by atoms with E-state index in [1.807, 2.05) is 0 Å². The molecule has 11 heteroatoms. The van der Waals surface area contributed by atoms with E-state index in [9.17, 15) is 26.7 Å². The first-order valence-electron chi connectivity index (χ1n) is 10.1. The molecule has 174 valence electrons. The Morgan fingerprint density at radius 2 is 1.91 bits per heavy atom. The lowest BCUT2D eigenvalue weighted by Crippen LogP contribution is -2.51. The van der Waals surface area contributed by atoms with Crippen molar-refractivity contribution in [2.24, 2.45) is 11.7 Å². The van der Waals surface area contributed by atoms with E-state index in [2.05, 4.69) is 9.97 Å². The number of rotatable bonds is 5. The summed E-state index contributed by atoms with van der Waals surface area (Å²) in [6.45, 7) is -0.0546. The van der Waals surface area contributed by atoms with Crippen molar-refractivity contribution in [3.05, 3.63) is 64.9 Å². The van der Waals surface area contributed by atoms with Crippen LogP contribution in [0.1, 0.15) is 22.5 Å². The molecule has 0 spiro atoms. The normalized spacial score (nSPS) is 19.0. The van der Waals surface area contributed by atoms with Crippen LogP contribution in [0.3, 0.4) is 0 Å².